The molecular formula is C15H15ClO2. The van der Waals surface area contributed by atoms with E-state index in [1.54, 1.807) is 0 Å². The Hall–Kier alpha value is -1.51. The number of halogens is 1. The van der Waals surface area contributed by atoms with Crippen molar-refractivity contribution in [2.75, 3.05) is 0 Å². The lowest BCUT2D eigenvalue weighted by Gasteiger charge is -2.08. The van der Waals surface area contributed by atoms with Crippen molar-refractivity contribution in [3.63, 3.8) is 0 Å². The van der Waals surface area contributed by atoms with E-state index < -0.39 is 0 Å². The van der Waals surface area contributed by atoms with Gasteiger partial charge < -0.3 is 9.84 Å². The van der Waals surface area contributed by atoms with Crippen molar-refractivity contribution in [3.8, 4) is 5.75 Å². The Kier molecular flexibility index (Phi) is 4.24. The van der Waals surface area contributed by atoms with Gasteiger partial charge in [-0.3, -0.25) is 0 Å². The summed E-state index contributed by atoms with van der Waals surface area (Å²) in [7, 11) is 0. The molecule has 3 heteroatoms. The van der Waals surface area contributed by atoms with E-state index >= 15 is 0 Å². The van der Waals surface area contributed by atoms with E-state index in [4.69, 9.17) is 21.4 Å². The van der Waals surface area contributed by atoms with Crippen LogP contribution in [0.2, 0.25) is 5.02 Å². The maximum absolute atomic E-state index is 8.94. The van der Waals surface area contributed by atoms with Crippen molar-refractivity contribution < 1.29 is 9.84 Å². The first kappa shape index (κ1) is 12.9. The number of benzene rings is 2. The number of aliphatic hydroxyl groups is 1. The molecule has 18 heavy (non-hydrogen) atoms. The van der Waals surface area contributed by atoms with Crippen LogP contribution in [0.15, 0.2) is 42.5 Å². The Labute approximate surface area is 112 Å². The summed E-state index contributed by atoms with van der Waals surface area (Å²) >= 11 is 6.13. The topological polar surface area (TPSA) is 29.5 Å². The zero-order chi connectivity index (χ0) is 13.0. The third kappa shape index (κ3) is 3.25. The van der Waals surface area contributed by atoms with Gasteiger partial charge in [-0.1, -0.05) is 35.9 Å². The van der Waals surface area contributed by atoms with Crippen LogP contribution in [-0.4, -0.2) is 5.11 Å². The molecule has 0 atom stereocenters. The van der Waals surface area contributed by atoms with Crippen molar-refractivity contribution in [1.82, 2.24) is 0 Å². The minimum Gasteiger partial charge on any atom is -0.489 e. The van der Waals surface area contributed by atoms with E-state index in [2.05, 4.69) is 0 Å². The molecule has 2 nitrogen and oxygen atoms in total. The average molecular weight is 263 g/mol. The molecule has 0 amide bonds. The van der Waals surface area contributed by atoms with Crippen LogP contribution in [0.3, 0.4) is 0 Å². The number of aliphatic hydroxyl groups excluding tert-OH is 1. The molecule has 0 aliphatic heterocycles. The van der Waals surface area contributed by atoms with Crippen molar-refractivity contribution in [2.24, 2.45) is 0 Å². The molecule has 2 aromatic rings. The van der Waals surface area contributed by atoms with Gasteiger partial charge in [0.25, 0.3) is 0 Å². The minimum atomic E-state index is 0.0457. The molecule has 0 unspecified atom stereocenters. The normalized spacial score (nSPS) is 10.4. The van der Waals surface area contributed by atoms with Crippen LogP contribution >= 0.6 is 11.6 Å². The predicted molar refractivity (Wildman–Crippen MR) is 72.9 cm³/mol. The molecule has 0 fully saturated rings. The van der Waals surface area contributed by atoms with Crippen LogP contribution in [0, 0.1) is 6.92 Å². The number of aryl methyl sites for hydroxylation is 1. The molecule has 0 spiro atoms. The standard InChI is InChI=1S/C15H15ClO2/c1-11-2-5-13(15(16)8-11)10-18-14-6-3-12(9-17)4-7-14/h2-8,17H,9-10H2,1H3. The van der Waals surface area contributed by atoms with Gasteiger partial charge in [-0.05, 0) is 36.2 Å². The Morgan fingerprint density at radius 2 is 1.83 bits per heavy atom. The quantitative estimate of drug-likeness (QED) is 0.910. The highest BCUT2D eigenvalue weighted by atomic mass is 35.5. The van der Waals surface area contributed by atoms with Crippen LogP contribution < -0.4 is 4.74 Å². The van der Waals surface area contributed by atoms with Gasteiger partial charge in [0.05, 0.1) is 6.61 Å². The largest absolute Gasteiger partial charge is 0.489 e. The molecule has 0 aromatic heterocycles. The molecule has 0 aliphatic carbocycles. The second-order valence-corrected chi connectivity index (χ2v) is 4.59. The van der Waals surface area contributed by atoms with Crippen molar-refractivity contribution in [3.05, 3.63) is 64.2 Å². The first-order valence-electron chi connectivity index (χ1n) is 5.76. The van der Waals surface area contributed by atoms with Gasteiger partial charge in [-0.15, -0.1) is 0 Å². The second-order valence-electron chi connectivity index (χ2n) is 4.19. The lowest BCUT2D eigenvalue weighted by Crippen LogP contribution is -1.96. The zero-order valence-electron chi connectivity index (χ0n) is 10.2. The van der Waals surface area contributed by atoms with Crippen LogP contribution in [0.1, 0.15) is 16.7 Å². The van der Waals surface area contributed by atoms with Gasteiger partial charge in [0.2, 0.25) is 0 Å². The highest BCUT2D eigenvalue weighted by Gasteiger charge is 2.02. The summed E-state index contributed by atoms with van der Waals surface area (Å²) in [4.78, 5) is 0. The molecule has 2 rings (SSSR count). The van der Waals surface area contributed by atoms with E-state index in [0.717, 1.165) is 27.5 Å². The minimum absolute atomic E-state index is 0.0457. The maximum Gasteiger partial charge on any atom is 0.119 e. The van der Waals surface area contributed by atoms with Crippen molar-refractivity contribution in [1.29, 1.82) is 0 Å². The van der Waals surface area contributed by atoms with Gasteiger partial charge in [-0.2, -0.15) is 0 Å². The summed E-state index contributed by atoms with van der Waals surface area (Å²) in [6.07, 6.45) is 0. The molecule has 94 valence electrons. The summed E-state index contributed by atoms with van der Waals surface area (Å²) in [5.74, 6) is 0.767. The van der Waals surface area contributed by atoms with E-state index in [1.165, 1.54) is 0 Å². The van der Waals surface area contributed by atoms with Gasteiger partial charge in [-0.25, -0.2) is 0 Å². The van der Waals surface area contributed by atoms with Crippen LogP contribution in [-0.2, 0) is 13.2 Å². The highest BCUT2D eigenvalue weighted by molar-refractivity contribution is 6.31. The Bertz CT molecular complexity index is 521. The SMILES string of the molecule is Cc1ccc(COc2ccc(CO)cc2)c(Cl)c1. The molecule has 0 bridgehead atoms. The zero-order valence-corrected chi connectivity index (χ0v) is 10.9. The van der Waals surface area contributed by atoms with E-state index in [9.17, 15) is 0 Å². The van der Waals surface area contributed by atoms with Crippen LogP contribution in [0.5, 0.6) is 5.75 Å². The Morgan fingerprint density at radius 1 is 1.11 bits per heavy atom. The first-order valence-corrected chi connectivity index (χ1v) is 6.14. The van der Waals surface area contributed by atoms with Crippen molar-refractivity contribution >= 4 is 11.6 Å². The summed E-state index contributed by atoms with van der Waals surface area (Å²) in [5.41, 5.74) is 2.97. The molecule has 0 heterocycles. The van der Waals surface area contributed by atoms with E-state index in [1.807, 2.05) is 49.4 Å². The lowest BCUT2D eigenvalue weighted by atomic mass is 10.1. The molecule has 0 radical (unpaired) electrons. The molecule has 1 N–H and O–H groups in total. The maximum atomic E-state index is 8.94. The summed E-state index contributed by atoms with van der Waals surface area (Å²) in [6.45, 7) is 2.49. The Balaban J connectivity index is 2.02. The smallest absolute Gasteiger partial charge is 0.119 e. The number of rotatable bonds is 4. The monoisotopic (exact) mass is 262 g/mol. The lowest BCUT2D eigenvalue weighted by molar-refractivity contribution is 0.280. The third-order valence-electron chi connectivity index (χ3n) is 2.71. The van der Waals surface area contributed by atoms with Gasteiger partial charge in [0.15, 0.2) is 0 Å². The second kappa shape index (κ2) is 5.89. The fraction of sp³-hybridized carbons (Fsp3) is 0.200. The van der Waals surface area contributed by atoms with Crippen LogP contribution in [0.4, 0.5) is 0 Å². The van der Waals surface area contributed by atoms with Crippen LogP contribution in [0.25, 0.3) is 0 Å². The predicted octanol–water partition coefficient (Wildman–Crippen LogP) is 3.72. The first-order chi connectivity index (χ1) is 8.69. The van der Waals surface area contributed by atoms with E-state index in [0.29, 0.717) is 6.61 Å². The number of hydrogen-bond donors (Lipinski definition) is 1. The van der Waals surface area contributed by atoms with E-state index in [-0.39, 0.29) is 6.61 Å². The van der Waals surface area contributed by atoms with Gasteiger partial charge >= 0.3 is 0 Å². The highest BCUT2D eigenvalue weighted by Crippen LogP contribution is 2.20. The summed E-state index contributed by atoms with van der Waals surface area (Å²) < 4.78 is 5.65. The van der Waals surface area contributed by atoms with Gasteiger partial charge in [0.1, 0.15) is 12.4 Å². The molecule has 2 aromatic carbocycles. The molecule has 0 aliphatic rings. The fourth-order valence-corrected chi connectivity index (χ4v) is 1.91. The molecule has 0 saturated carbocycles. The summed E-state index contributed by atoms with van der Waals surface area (Å²) in [6, 6.07) is 13.3. The molecular weight excluding hydrogens is 248 g/mol. The van der Waals surface area contributed by atoms with Gasteiger partial charge in [0, 0.05) is 10.6 Å². The van der Waals surface area contributed by atoms with Crippen molar-refractivity contribution in [2.45, 2.75) is 20.1 Å². The molecule has 0 saturated heterocycles. The average Bonchev–Trinajstić information content (AvgIpc) is 2.38. The summed E-state index contributed by atoms with van der Waals surface area (Å²) in [5, 5.41) is 9.66. The fourth-order valence-electron chi connectivity index (χ4n) is 1.62. The third-order valence-corrected chi connectivity index (χ3v) is 3.06. The number of ether oxygens (including phenoxy) is 1. The number of hydrogen-bond acceptors (Lipinski definition) is 2. The Morgan fingerprint density at radius 3 is 2.44 bits per heavy atom.